The minimum absolute atomic E-state index is 0.0992. The highest BCUT2D eigenvalue weighted by molar-refractivity contribution is 7.46. The van der Waals surface area contributed by atoms with Crippen LogP contribution in [-0.4, -0.2) is 28.7 Å². The van der Waals surface area contributed by atoms with Crippen molar-refractivity contribution in [3.63, 3.8) is 0 Å². The first-order valence-corrected chi connectivity index (χ1v) is 5.11. The van der Waals surface area contributed by atoms with Gasteiger partial charge in [0.15, 0.2) is 0 Å². The van der Waals surface area contributed by atoms with Gasteiger partial charge in [-0.25, -0.2) is 4.57 Å². The maximum Gasteiger partial charge on any atom is 0.469 e. The van der Waals surface area contributed by atoms with Crippen molar-refractivity contribution in [2.45, 2.75) is 25.2 Å². The number of phosphoric acid groups is 1. The highest BCUT2D eigenvalue weighted by Crippen LogP contribution is 2.36. The van der Waals surface area contributed by atoms with Crippen LogP contribution in [0.4, 0.5) is 0 Å². The molecule has 6 nitrogen and oxygen atoms in total. The number of ether oxygens (including phenoxy) is 1. The smallest absolute Gasteiger partial charge is 0.358 e. The van der Waals surface area contributed by atoms with Crippen LogP contribution in [0.15, 0.2) is 0 Å². The van der Waals surface area contributed by atoms with Crippen molar-refractivity contribution < 1.29 is 23.6 Å². The second-order valence-electron chi connectivity index (χ2n) is 2.66. The molecule has 2 atom stereocenters. The first-order valence-electron chi connectivity index (χ1n) is 3.58. The van der Waals surface area contributed by atoms with Crippen LogP contribution in [0, 0.1) is 0 Å². The molecule has 0 aromatic carbocycles. The van der Waals surface area contributed by atoms with E-state index in [9.17, 15) is 4.57 Å². The van der Waals surface area contributed by atoms with E-state index in [-0.39, 0.29) is 18.9 Å². The fraction of sp³-hybridized carbons (Fsp3) is 1.00. The Hall–Kier alpha value is 0.0300. The molecule has 1 rings (SSSR count). The molecule has 0 amide bonds. The molecule has 0 unspecified atom stereocenters. The third-order valence-corrected chi connectivity index (χ3v) is 2.05. The molecule has 0 aromatic heterocycles. The van der Waals surface area contributed by atoms with E-state index in [1.807, 2.05) is 0 Å². The van der Waals surface area contributed by atoms with E-state index in [1.54, 1.807) is 0 Å². The summed E-state index contributed by atoms with van der Waals surface area (Å²) in [5.74, 6) is 0. The van der Waals surface area contributed by atoms with Crippen LogP contribution in [0.3, 0.4) is 0 Å². The van der Waals surface area contributed by atoms with Crippen molar-refractivity contribution in [2.75, 3.05) is 6.61 Å². The average molecular weight is 197 g/mol. The van der Waals surface area contributed by atoms with E-state index in [0.717, 1.165) is 0 Å². The Bertz CT molecular complexity index is 192. The fourth-order valence-electron chi connectivity index (χ4n) is 1.04. The molecular weight excluding hydrogens is 185 g/mol. The number of rotatable bonds is 3. The predicted octanol–water partition coefficient (Wildman–Crippen LogP) is -0.441. The van der Waals surface area contributed by atoms with Crippen molar-refractivity contribution in [2.24, 2.45) is 5.73 Å². The van der Waals surface area contributed by atoms with Gasteiger partial charge < -0.3 is 20.3 Å². The van der Waals surface area contributed by atoms with Crippen molar-refractivity contribution in [1.29, 1.82) is 0 Å². The van der Waals surface area contributed by atoms with Crippen molar-refractivity contribution in [1.82, 2.24) is 0 Å². The Morgan fingerprint density at radius 1 is 1.58 bits per heavy atom. The summed E-state index contributed by atoms with van der Waals surface area (Å²) in [7, 11) is -4.36. The van der Waals surface area contributed by atoms with Crippen molar-refractivity contribution in [3.8, 4) is 0 Å². The van der Waals surface area contributed by atoms with Crippen LogP contribution in [-0.2, 0) is 13.8 Å². The molecular formula is C5H12NO5P. The largest absolute Gasteiger partial charge is 0.469 e. The lowest BCUT2D eigenvalue weighted by atomic mass is 10.2. The van der Waals surface area contributed by atoms with Crippen LogP contribution in [0.5, 0.6) is 0 Å². The van der Waals surface area contributed by atoms with Gasteiger partial charge in [-0.15, -0.1) is 0 Å². The van der Waals surface area contributed by atoms with E-state index in [4.69, 9.17) is 20.3 Å². The molecule has 0 radical (unpaired) electrons. The van der Waals surface area contributed by atoms with Gasteiger partial charge in [-0.1, -0.05) is 0 Å². The van der Waals surface area contributed by atoms with Crippen LogP contribution in [0.25, 0.3) is 0 Å². The minimum atomic E-state index is -4.36. The summed E-state index contributed by atoms with van der Waals surface area (Å²) in [5.41, 5.74) is 5.39. The zero-order chi connectivity index (χ0) is 9.19. The van der Waals surface area contributed by atoms with Crippen molar-refractivity contribution in [3.05, 3.63) is 0 Å². The molecule has 1 aliphatic heterocycles. The highest BCUT2D eigenvalue weighted by atomic mass is 31.2. The first-order chi connectivity index (χ1) is 5.47. The zero-order valence-corrected chi connectivity index (χ0v) is 7.31. The second-order valence-corrected chi connectivity index (χ2v) is 3.90. The normalized spacial score (nSPS) is 30.9. The van der Waals surface area contributed by atoms with Gasteiger partial charge in [0.05, 0.1) is 12.7 Å². The molecule has 0 aromatic rings. The van der Waals surface area contributed by atoms with Gasteiger partial charge in [0, 0.05) is 0 Å². The van der Waals surface area contributed by atoms with Gasteiger partial charge in [0.2, 0.25) is 0 Å². The zero-order valence-electron chi connectivity index (χ0n) is 6.42. The summed E-state index contributed by atoms with van der Waals surface area (Å²) in [4.78, 5) is 16.7. The Balaban J connectivity index is 2.21. The summed E-state index contributed by atoms with van der Waals surface area (Å²) in [6, 6.07) is 0. The van der Waals surface area contributed by atoms with E-state index in [2.05, 4.69) is 4.52 Å². The van der Waals surface area contributed by atoms with Crippen LogP contribution in [0.2, 0.25) is 0 Å². The molecule has 0 spiro atoms. The first kappa shape index (κ1) is 10.1. The van der Waals surface area contributed by atoms with Gasteiger partial charge in [-0.05, 0) is 12.8 Å². The summed E-state index contributed by atoms with van der Waals surface area (Å²) >= 11 is 0. The van der Waals surface area contributed by atoms with E-state index in [0.29, 0.717) is 12.8 Å². The van der Waals surface area contributed by atoms with Gasteiger partial charge in [-0.3, -0.25) is 4.52 Å². The highest BCUT2D eigenvalue weighted by Gasteiger charge is 2.25. The molecule has 0 aliphatic carbocycles. The molecule has 0 bridgehead atoms. The molecule has 0 saturated carbocycles. The van der Waals surface area contributed by atoms with Gasteiger partial charge >= 0.3 is 7.82 Å². The van der Waals surface area contributed by atoms with Crippen LogP contribution < -0.4 is 5.73 Å². The molecule has 1 fully saturated rings. The topological polar surface area (TPSA) is 102 Å². The Labute approximate surface area is 69.9 Å². The maximum absolute atomic E-state index is 10.3. The lowest BCUT2D eigenvalue weighted by molar-refractivity contribution is 0.0137. The van der Waals surface area contributed by atoms with Gasteiger partial charge in [0.1, 0.15) is 6.23 Å². The van der Waals surface area contributed by atoms with E-state index in [1.165, 1.54) is 0 Å². The van der Waals surface area contributed by atoms with Crippen LogP contribution >= 0.6 is 7.82 Å². The standard InChI is InChI=1S/C5H12NO5P/c6-5-2-1-4(11-5)3-10-12(7,8)9/h4-5H,1-3,6H2,(H2,7,8,9)/t4-,5+/m0/s1. The Kier molecular flexibility index (Phi) is 3.22. The Morgan fingerprint density at radius 3 is 2.67 bits per heavy atom. The quantitative estimate of drug-likeness (QED) is 0.530. The lowest BCUT2D eigenvalue weighted by Crippen LogP contribution is -2.22. The van der Waals surface area contributed by atoms with Gasteiger partial charge in [0.25, 0.3) is 0 Å². The Morgan fingerprint density at radius 2 is 2.25 bits per heavy atom. The number of phosphoric ester groups is 1. The third kappa shape index (κ3) is 3.62. The molecule has 1 aliphatic rings. The summed E-state index contributed by atoms with van der Waals surface area (Å²) in [6.07, 6.45) is 0.777. The molecule has 4 N–H and O–H groups in total. The fourth-order valence-corrected chi connectivity index (χ4v) is 1.40. The average Bonchev–Trinajstić information content (AvgIpc) is 2.30. The lowest BCUT2D eigenvalue weighted by Gasteiger charge is -2.11. The predicted molar refractivity (Wildman–Crippen MR) is 40.1 cm³/mol. The second kappa shape index (κ2) is 3.83. The molecule has 1 saturated heterocycles. The minimum Gasteiger partial charge on any atom is -0.358 e. The molecule has 7 heteroatoms. The maximum atomic E-state index is 10.3. The molecule has 1 heterocycles. The van der Waals surface area contributed by atoms with Gasteiger partial charge in [-0.2, -0.15) is 0 Å². The van der Waals surface area contributed by atoms with Crippen LogP contribution in [0.1, 0.15) is 12.8 Å². The number of hydrogen-bond acceptors (Lipinski definition) is 4. The summed E-state index contributed by atoms with van der Waals surface area (Å²) in [6.45, 7) is -0.0992. The van der Waals surface area contributed by atoms with Crippen molar-refractivity contribution >= 4 is 7.82 Å². The monoisotopic (exact) mass is 197 g/mol. The SMILES string of the molecule is N[C@H]1CC[C@@H](COP(=O)(O)O)O1. The number of hydrogen-bond donors (Lipinski definition) is 3. The molecule has 12 heavy (non-hydrogen) atoms. The van der Waals surface area contributed by atoms with E-state index < -0.39 is 7.82 Å². The summed E-state index contributed by atoms with van der Waals surface area (Å²) < 4.78 is 19.6. The molecule has 72 valence electrons. The number of nitrogens with two attached hydrogens (primary N) is 1. The summed E-state index contributed by atoms with van der Waals surface area (Å²) in [5, 5.41) is 0. The van der Waals surface area contributed by atoms with E-state index >= 15 is 0 Å². The third-order valence-electron chi connectivity index (χ3n) is 1.57.